The first-order valence-electron chi connectivity index (χ1n) is 9.43. The van der Waals surface area contributed by atoms with Gasteiger partial charge in [-0.15, -0.1) is 0 Å². The first-order chi connectivity index (χ1) is 13.5. The molecule has 0 saturated carbocycles. The van der Waals surface area contributed by atoms with Crippen LogP contribution in [0.15, 0.2) is 0 Å². The highest BCUT2D eigenvalue weighted by atomic mass is 35.5. The molecule has 0 radical (unpaired) electrons. The SMILES string of the molecule is CCCc1nc(N2CC(NC(=O)c3nc(Cl)c(CC)[nH]3)C2)sc1C(=O)OCC. The minimum Gasteiger partial charge on any atom is -0.462 e. The summed E-state index contributed by atoms with van der Waals surface area (Å²) in [4.78, 5) is 38.7. The highest BCUT2D eigenvalue weighted by molar-refractivity contribution is 7.17. The molecular weight excluding hydrogens is 402 g/mol. The number of halogens is 1. The smallest absolute Gasteiger partial charge is 0.350 e. The first-order valence-corrected chi connectivity index (χ1v) is 10.6. The van der Waals surface area contributed by atoms with Gasteiger partial charge in [0.15, 0.2) is 16.1 Å². The molecule has 10 heteroatoms. The van der Waals surface area contributed by atoms with E-state index in [9.17, 15) is 9.59 Å². The fourth-order valence-electron chi connectivity index (χ4n) is 2.95. The van der Waals surface area contributed by atoms with E-state index < -0.39 is 0 Å². The van der Waals surface area contributed by atoms with E-state index in [2.05, 4.69) is 20.3 Å². The number of nitrogens with zero attached hydrogens (tertiary/aromatic N) is 3. The van der Waals surface area contributed by atoms with Gasteiger partial charge in [-0.25, -0.2) is 14.8 Å². The van der Waals surface area contributed by atoms with Crippen LogP contribution in [0.1, 0.15) is 58.9 Å². The van der Waals surface area contributed by atoms with Crippen LogP contribution in [0.25, 0.3) is 0 Å². The van der Waals surface area contributed by atoms with E-state index >= 15 is 0 Å². The second-order valence-electron chi connectivity index (χ2n) is 6.53. The van der Waals surface area contributed by atoms with Crippen molar-refractivity contribution >= 4 is 39.9 Å². The summed E-state index contributed by atoms with van der Waals surface area (Å²) in [7, 11) is 0. The van der Waals surface area contributed by atoms with Gasteiger partial charge in [0.25, 0.3) is 5.91 Å². The van der Waals surface area contributed by atoms with Crippen molar-refractivity contribution in [3.05, 3.63) is 27.2 Å². The molecule has 1 amide bonds. The molecule has 1 aliphatic rings. The zero-order valence-electron chi connectivity index (χ0n) is 16.2. The van der Waals surface area contributed by atoms with Gasteiger partial charge >= 0.3 is 5.97 Å². The molecule has 0 unspecified atom stereocenters. The predicted molar refractivity (Wildman–Crippen MR) is 109 cm³/mol. The van der Waals surface area contributed by atoms with Crippen molar-refractivity contribution in [1.29, 1.82) is 0 Å². The number of H-pyrrole nitrogens is 1. The molecule has 0 bridgehead atoms. The number of thiazole rings is 1. The number of imidazole rings is 1. The summed E-state index contributed by atoms with van der Waals surface area (Å²) in [5.74, 6) is -0.366. The Hall–Kier alpha value is -2.13. The number of hydrogen-bond donors (Lipinski definition) is 2. The summed E-state index contributed by atoms with van der Waals surface area (Å²) in [5, 5.41) is 4.06. The largest absolute Gasteiger partial charge is 0.462 e. The molecule has 3 rings (SSSR count). The van der Waals surface area contributed by atoms with Gasteiger partial charge in [-0.2, -0.15) is 0 Å². The van der Waals surface area contributed by atoms with E-state index in [1.807, 2.05) is 18.7 Å². The zero-order valence-corrected chi connectivity index (χ0v) is 17.7. The van der Waals surface area contributed by atoms with E-state index in [1.54, 1.807) is 6.92 Å². The molecule has 152 valence electrons. The minimum absolute atomic E-state index is 0.00831. The maximum atomic E-state index is 12.3. The van der Waals surface area contributed by atoms with Crippen molar-refractivity contribution < 1.29 is 14.3 Å². The lowest BCUT2D eigenvalue weighted by molar-refractivity contribution is 0.0530. The molecule has 2 N–H and O–H groups in total. The van der Waals surface area contributed by atoms with Crippen LogP contribution < -0.4 is 10.2 Å². The second kappa shape index (κ2) is 8.91. The van der Waals surface area contributed by atoms with Crippen LogP contribution in [0.2, 0.25) is 5.15 Å². The Balaban J connectivity index is 1.60. The highest BCUT2D eigenvalue weighted by Crippen LogP contribution is 2.31. The lowest BCUT2D eigenvalue weighted by atomic mass is 10.1. The number of esters is 1. The number of amides is 1. The van der Waals surface area contributed by atoms with Gasteiger partial charge in [0, 0.05) is 13.1 Å². The van der Waals surface area contributed by atoms with Crippen molar-refractivity contribution in [2.24, 2.45) is 0 Å². The summed E-state index contributed by atoms with van der Waals surface area (Å²) in [6.45, 7) is 7.37. The number of anilines is 1. The summed E-state index contributed by atoms with van der Waals surface area (Å²) >= 11 is 7.34. The number of rotatable bonds is 8. The molecule has 0 spiro atoms. The van der Waals surface area contributed by atoms with Crippen molar-refractivity contribution in [1.82, 2.24) is 20.3 Å². The fourth-order valence-corrected chi connectivity index (χ4v) is 4.24. The maximum Gasteiger partial charge on any atom is 0.350 e. The van der Waals surface area contributed by atoms with Gasteiger partial charge in [0.2, 0.25) is 0 Å². The van der Waals surface area contributed by atoms with Crippen molar-refractivity contribution in [3.8, 4) is 0 Å². The third kappa shape index (κ3) is 4.30. The standard InChI is InChI=1S/C18H24ClN5O3S/c1-4-7-12-13(17(26)27-6-3)28-18(22-12)24-8-10(9-24)20-16(25)15-21-11(5-2)14(19)23-15/h10H,4-9H2,1-3H3,(H,20,25)(H,21,23). The molecule has 0 aromatic carbocycles. The lowest BCUT2D eigenvalue weighted by Crippen LogP contribution is -2.59. The first kappa shape index (κ1) is 20.6. The van der Waals surface area contributed by atoms with E-state index in [4.69, 9.17) is 16.3 Å². The Morgan fingerprint density at radius 1 is 1.32 bits per heavy atom. The number of carbonyl (C=O) groups is 2. The van der Waals surface area contributed by atoms with Crippen LogP contribution >= 0.6 is 22.9 Å². The molecule has 1 fully saturated rings. The lowest BCUT2D eigenvalue weighted by Gasteiger charge is -2.39. The van der Waals surface area contributed by atoms with Gasteiger partial charge in [0.1, 0.15) is 4.88 Å². The quantitative estimate of drug-likeness (QED) is 0.631. The second-order valence-corrected chi connectivity index (χ2v) is 7.86. The number of nitrogens with one attached hydrogen (secondary N) is 2. The zero-order chi connectivity index (χ0) is 20.3. The van der Waals surface area contributed by atoms with E-state index in [-0.39, 0.29) is 23.7 Å². The van der Waals surface area contributed by atoms with Gasteiger partial charge in [-0.1, -0.05) is 43.2 Å². The Morgan fingerprint density at radius 3 is 2.68 bits per heavy atom. The van der Waals surface area contributed by atoms with Gasteiger partial charge in [-0.05, 0) is 19.8 Å². The van der Waals surface area contributed by atoms with Crippen LogP contribution in [0.5, 0.6) is 0 Å². The molecule has 8 nitrogen and oxygen atoms in total. The predicted octanol–water partition coefficient (Wildman–Crippen LogP) is 2.83. The number of hydrogen-bond acceptors (Lipinski definition) is 7. The van der Waals surface area contributed by atoms with Crippen LogP contribution in [0.4, 0.5) is 5.13 Å². The molecule has 3 heterocycles. The molecule has 1 aliphatic heterocycles. The third-order valence-corrected chi connectivity index (χ3v) is 5.87. The Labute approximate surface area is 172 Å². The van der Waals surface area contributed by atoms with Crippen molar-refractivity contribution in [2.45, 2.75) is 46.1 Å². The van der Waals surface area contributed by atoms with Crippen LogP contribution in [0, 0.1) is 0 Å². The number of ether oxygens (including phenoxy) is 1. The Morgan fingerprint density at radius 2 is 2.07 bits per heavy atom. The normalized spacial score (nSPS) is 14.1. The number of carbonyl (C=O) groups excluding carboxylic acids is 2. The topological polar surface area (TPSA) is 100 Å². The molecule has 0 atom stereocenters. The third-order valence-electron chi connectivity index (χ3n) is 4.42. The average molecular weight is 426 g/mol. The van der Waals surface area contributed by atoms with Crippen LogP contribution in [-0.4, -0.2) is 52.6 Å². The summed E-state index contributed by atoms with van der Waals surface area (Å²) in [5.41, 5.74) is 1.53. The Bertz CT molecular complexity index is 860. The molecule has 0 aliphatic carbocycles. The van der Waals surface area contributed by atoms with Crippen LogP contribution in [-0.2, 0) is 17.6 Å². The molecular formula is C18H24ClN5O3S. The summed E-state index contributed by atoms with van der Waals surface area (Å²) in [6, 6.07) is -0.00831. The number of aromatic amines is 1. The monoisotopic (exact) mass is 425 g/mol. The molecule has 1 saturated heterocycles. The van der Waals surface area contributed by atoms with Gasteiger partial charge in [0.05, 0.1) is 24.0 Å². The molecule has 2 aromatic heterocycles. The highest BCUT2D eigenvalue weighted by Gasteiger charge is 2.32. The van der Waals surface area contributed by atoms with Crippen molar-refractivity contribution in [2.75, 3.05) is 24.6 Å². The Kier molecular flexibility index (Phi) is 6.56. The van der Waals surface area contributed by atoms with Gasteiger partial charge < -0.3 is 19.9 Å². The van der Waals surface area contributed by atoms with Crippen LogP contribution in [0.3, 0.4) is 0 Å². The number of aromatic nitrogens is 3. The molecule has 2 aromatic rings. The fraction of sp³-hybridized carbons (Fsp3) is 0.556. The van der Waals surface area contributed by atoms with Gasteiger partial charge in [-0.3, -0.25) is 4.79 Å². The van der Waals surface area contributed by atoms with E-state index in [0.29, 0.717) is 36.1 Å². The van der Waals surface area contributed by atoms with E-state index in [0.717, 1.165) is 29.4 Å². The summed E-state index contributed by atoms with van der Waals surface area (Å²) in [6.07, 6.45) is 2.32. The molecule has 28 heavy (non-hydrogen) atoms. The average Bonchev–Trinajstić information content (AvgIpc) is 3.21. The van der Waals surface area contributed by atoms with Crippen molar-refractivity contribution in [3.63, 3.8) is 0 Å². The maximum absolute atomic E-state index is 12.3. The summed E-state index contributed by atoms with van der Waals surface area (Å²) < 4.78 is 5.14. The van der Waals surface area contributed by atoms with E-state index in [1.165, 1.54) is 11.3 Å². The minimum atomic E-state index is -0.318. The number of aryl methyl sites for hydroxylation is 2.